The molecule has 0 fully saturated rings. The number of aromatic nitrogens is 2. The summed E-state index contributed by atoms with van der Waals surface area (Å²) in [6.07, 6.45) is 0.972. The molecule has 0 saturated carbocycles. The van der Waals surface area contributed by atoms with Gasteiger partial charge in [0.05, 0.1) is 6.61 Å². The van der Waals surface area contributed by atoms with Gasteiger partial charge in [-0.15, -0.1) is 0 Å². The number of rotatable bonds is 10. The van der Waals surface area contributed by atoms with Crippen molar-refractivity contribution in [2.24, 2.45) is 0 Å². The molecule has 6 heteroatoms. The normalized spacial score (nSPS) is 12.2. The molecule has 0 spiro atoms. The Hall–Kier alpha value is -1.40. The molecule has 1 N–H and O–H groups in total. The van der Waals surface area contributed by atoms with E-state index in [1.807, 2.05) is 13.8 Å². The summed E-state index contributed by atoms with van der Waals surface area (Å²) in [5.41, 5.74) is 0. The van der Waals surface area contributed by atoms with Gasteiger partial charge < -0.3 is 19.5 Å². The van der Waals surface area contributed by atoms with E-state index >= 15 is 0 Å². The Balaban J connectivity index is 2.73. The topological polar surface area (TPSA) is 65.5 Å². The van der Waals surface area contributed by atoms with E-state index in [2.05, 4.69) is 22.2 Å². The maximum absolute atomic E-state index is 5.75. The van der Waals surface area contributed by atoms with E-state index in [1.54, 1.807) is 13.2 Å². The highest BCUT2D eigenvalue weighted by molar-refractivity contribution is 5.38. The van der Waals surface area contributed by atoms with Gasteiger partial charge in [0.1, 0.15) is 18.5 Å². The minimum atomic E-state index is -0.0562. The number of anilines is 1. The Bertz CT molecular complexity index is 388. The zero-order valence-electron chi connectivity index (χ0n) is 12.8. The van der Waals surface area contributed by atoms with Crippen LogP contribution in [0.15, 0.2) is 6.07 Å². The number of nitrogens with one attached hydrogen (secondary N) is 1. The van der Waals surface area contributed by atoms with Gasteiger partial charge in [-0.05, 0) is 20.3 Å². The summed E-state index contributed by atoms with van der Waals surface area (Å²) in [6.45, 7) is 8.45. The van der Waals surface area contributed by atoms with Crippen LogP contribution in [0.5, 0.6) is 5.88 Å². The lowest BCUT2D eigenvalue weighted by atomic mass is 10.4. The van der Waals surface area contributed by atoms with E-state index in [1.165, 1.54) is 0 Å². The average molecular weight is 283 g/mol. The van der Waals surface area contributed by atoms with Gasteiger partial charge in [0.25, 0.3) is 0 Å². The van der Waals surface area contributed by atoms with Gasteiger partial charge in [0.2, 0.25) is 5.88 Å². The highest BCUT2D eigenvalue weighted by atomic mass is 16.5. The monoisotopic (exact) mass is 283 g/mol. The molecule has 0 aliphatic heterocycles. The van der Waals surface area contributed by atoms with Crippen LogP contribution in [0.3, 0.4) is 0 Å². The van der Waals surface area contributed by atoms with E-state index in [0.717, 1.165) is 18.8 Å². The maximum Gasteiger partial charge on any atom is 0.219 e. The largest absolute Gasteiger partial charge is 0.472 e. The third-order valence-corrected chi connectivity index (χ3v) is 2.46. The van der Waals surface area contributed by atoms with Gasteiger partial charge in [-0.3, -0.25) is 0 Å². The molecule has 1 unspecified atom stereocenters. The predicted octanol–water partition coefficient (Wildman–Crippen LogP) is 2.25. The fourth-order valence-electron chi connectivity index (χ4n) is 1.59. The van der Waals surface area contributed by atoms with Gasteiger partial charge in [-0.1, -0.05) is 6.92 Å². The molecule has 1 aromatic rings. The second-order valence-corrected chi connectivity index (χ2v) is 4.46. The molecular weight excluding hydrogens is 258 g/mol. The van der Waals surface area contributed by atoms with Crippen molar-refractivity contribution in [2.45, 2.75) is 39.9 Å². The van der Waals surface area contributed by atoms with E-state index in [-0.39, 0.29) is 6.10 Å². The van der Waals surface area contributed by atoms with Crippen molar-refractivity contribution in [3.8, 4) is 5.88 Å². The first-order valence-corrected chi connectivity index (χ1v) is 7.04. The quantitative estimate of drug-likeness (QED) is 0.710. The third-order valence-electron chi connectivity index (χ3n) is 2.46. The summed E-state index contributed by atoms with van der Waals surface area (Å²) in [5.74, 6) is 1.90. The minimum absolute atomic E-state index is 0.0562. The summed E-state index contributed by atoms with van der Waals surface area (Å²) < 4.78 is 16.2. The molecule has 0 aliphatic rings. The van der Waals surface area contributed by atoms with Crippen LogP contribution < -0.4 is 10.1 Å². The number of ether oxygens (including phenoxy) is 3. The minimum Gasteiger partial charge on any atom is -0.472 e. The van der Waals surface area contributed by atoms with Gasteiger partial charge in [-0.25, -0.2) is 4.98 Å². The molecule has 1 heterocycles. The summed E-state index contributed by atoms with van der Waals surface area (Å²) in [6, 6.07) is 1.80. The molecule has 0 aliphatic carbocycles. The zero-order chi connectivity index (χ0) is 14.8. The van der Waals surface area contributed by atoms with Crippen molar-refractivity contribution in [1.82, 2.24) is 9.97 Å². The molecule has 6 nitrogen and oxygen atoms in total. The Morgan fingerprint density at radius 1 is 1.30 bits per heavy atom. The van der Waals surface area contributed by atoms with Gasteiger partial charge >= 0.3 is 0 Å². The third kappa shape index (κ3) is 6.16. The molecule has 0 saturated heterocycles. The number of hydrogen-bond donors (Lipinski definition) is 1. The second-order valence-electron chi connectivity index (χ2n) is 4.46. The van der Waals surface area contributed by atoms with Crippen LogP contribution in [0.1, 0.15) is 33.0 Å². The summed E-state index contributed by atoms with van der Waals surface area (Å²) in [5, 5.41) is 3.23. The van der Waals surface area contributed by atoms with Gasteiger partial charge in [0, 0.05) is 26.3 Å². The lowest BCUT2D eigenvalue weighted by Crippen LogP contribution is -2.20. The standard InChI is InChI=1S/C14H25N3O3/c1-5-7-15-12-8-14(17-13(16-12)10-18-4)20-11(3)9-19-6-2/h8,11H,5-7,9-10H2,1-4H3,(H,15,16,17). The van der Waals surface area contributed by atoms with E-state index in [4.69, 9.17) is 14.2 Å². The highest BCUT2D eigenvalue weighted by Gasteiger charge is 2.09. The van der Waals surface area contributed by atoms with E-state index in [0.29, 0.717) is 31.5 Å². The second kappa shape index (κ2) is 9.50. The molecule has 0 amide bonds. The predicted molar refractivity (Wildman–Crippen MR) is 78.1 cm³/mol. The Morgan fingerprint density at radius 3 is 2.75 bits per heavy atom. The van der Waals surface area contributed by atoms with Crippen LogP contribution in [0.2, 0.25) is 0 Å². The Morgan fingerprint density at radius 2 is 2.10 bits per heavy atom. The van der Waals surface area contributed by atoms with Crippen LogP contribution in [0.4, 0.5) is 5.82 Å². The van der Waals surface area contributed by atoms with Crippen molar-refractivity contribution in [2.75, 3.05) is 32.2 Å². The van der Waals surface area contributed by atoms with Gasteiger partial charge in [-0.2, -0.15) is 4.98 Å². The average Bonchev–Trinajstić information content (AvgIpc) is 2.43. The fourth-order valence-corrected chi connectivity index (χ4v) is 1.59. The lowest BCUT2D eigenvalue weighted by molar-refractivity contribution is 0.0628. The van der Waals surface area contributed by atoms with Crippen molar-refractivity contribution in [3.05, 3.63) is 11.9 Å². The highest BCUT2D eigenvalue weighted by Crippen LogP contribution is 2.15. The van der Waals surface area contributed by atoms with Crippen molar-refractivity contribution < 1.29 is 14.2 Å². The first kappa shape index (κ1) is 16.7. The first-order valence-electron chi connectivity index (χ1n) is 7.04. The first-order chi connectivity index (χ1) is 9.69. The van der Waals surface area contributed by atoms with Crippen molar-refractivity contribution >= 4 is 5.82 Å². The zero-order valence-corrected chi connectivity index (χ0v) is 12.8. The fraction of sp³-hybridized carbons (Fsp3) is 0.714. The van der Waals surface area contributed by atoms with E-state index in [9.17, 15) is 0 Å². The number of hydrogen-bond acceptors (Lipinski definition) is 6. The van der Waals surface area contributed by atoms with Crippen LogP contribution in [-0.2, 0) is 16.1 Å². The molecule has 114 valence electrons. The van der Waals surface area contributed by atoms with Crippen molar-refractivity contribution in [3.63, 3.8) is 0 Å². The molecule has 20 heavy (non-hydrogen) atoms. The molecule has 1 rings (SSSR count). The summed E-state index contributed by atoms with van der Waals surface area (Å²) >= 11 is 0. The number of methoxy groups -OCH3 is 1. The number of nitrogens with zero attached hydrogens (tertiary/aromatic N) is 2. The molecular formula is C14H25N3O3. The molecule has 0 bridgehead atoms. The molecule has 0 aromatic carbocycles. The smallest absolute Gasteiger partial charge is 0.219 e. The SMILES string of the molecule is CCCNc1cc(OC(C)COCC)nc(COC)n1. The molecule has 0 radical (unpaired) electrons. The summed E-state index contributed by atoms with van der Waals surface area (Å²) in [7, 11) is 1.62. The lowest BCUT2D eigenvalue weighted by Gasteiger charge is -2.15. The van der Waals surface area contributed by atoms with Crippen LogP contribution in [-0.4, -0.2) is 42.9 Å². The van der Waals surface area contributed by atoms with Crippen molar-refractivity contribution in [1.29, 1.82) is 0 Å². The van der Waals surface area contributed by atoms with E-state index < -0.39 is 0 Å². The molecule has 1 atom stereocenters. The van der Waals surface area contributed by atoms with Crippen LogP contribution in [0.25, 0.3) is 0 Å². The Kier molecular flexibility index (Phi) is 7.91. The Labute approximate surface area is 120 Å². The van der Waals surface area contributed by atoms with Crippen LogP contribution >= 0.6 is 0 Å². The maximum atomic E-state index is 5.75. The summed E-state index contributed by atoms with van der Waals surface area (Å²) in [4.78, 5) is 8.70. The van der Waals surface area contributed by atoms with Crippen LogP contribution in [0, 0.1) is 0 Å². The molecule has 1 aromatic heterocycles. The van der Waals surface area contributed by atoms with Gasteiger partial charge in [0.15, 0.2) is 5.82 Å².